The standard InChI is InChI=1S/C24H37NO/c1-20-17-21(2)19-25(18-20)15-10-16-26-23(4)12-9-11-22(3)24-13-7-5-6-8-14-24/h5-7,11-14,20-21H,8-10,15-19H2,1-4H3/b22-11+,23-12+/t20-,21?/m1/s1. The molecular weight excluding hydrogens is 318 g/mol. The van der Waals surface area contributed by atoms with Crippen molar-refractivity contribution in [3.8, 4) is 0 Å². The Morgan fingerprint density at radius 2 is 1.92 bits per heavy atom. The third kappa shape index (κ3) is 7.78. The average molecular weight is 356 g/mol. The number of hydrogen-bond acceptors (Lipinski definition) is 2. The molecule has 0 bridgehead atoms. The summed E-state index contributed by atoms with van der Waals surface area (Å²) in [5.41, 5.74) is 2.66. The van der Waals surface area contributed by atoms with E-state index in [1.54, 1.807) is 0 Å². The molecule has 2 nitrogen and oxygen atoms in total. The first kappa shape index (κ1) is 20.8. The van der Waals surface area contributed by atoms with Gasteiger partial charge < -0.3 is 9.64 Å². The van der Waals surface area contributed by atoms with Crippen LogP contribution in [0.2, 0.25) is 0 Å². The van der Waals surface area contributed by atoms with E-state index >= 15 is 0 Å². The molecular formula is C24H37NO. The fourth-order valence-electron chi connectivity index (χ4n) is 3.95. The Morgan fingerprint density at radius 1 is 1.15 bits per heavy atom. The average Bonchev–Trinajstić information content (AvgIpc) is 2.87. The van der Waals surface area contributed by atoms with Gasteiger partial charge in [-0.1, -0.05) is 50.3 Å². The maximum absolute atomic E-state index is 5.90. The van der Waals surface area contributed by atoms with Crippen molar-refractivity contribution in [2.75, 3.05) is 26.2 Å². The van der Waals surface area contributed by atoms with E-state index in [4.69, 9.17) is 4.74 Å². The predicted molar refractivity (Wildman–Crippen MR) is 113 cm³/mol. The van der Waals surface area contributed by atoms with Gasteiger partial charge in [-0.2, -0.15) is 0 Å². The van der Waals surface area contributed by atoms with Crippen molar-refractivity contribution >= 4 is 0 Å². The Balaban J connectivity index is 1.65. The molecule has 0 aromatic carbocycles. The largest absolute Gasteiger partial charge is 0.499 e. The van der Waals surface area contributed by atoms with Crippen molar-refractivity contribution in [3.63, 3.8) is 0 Å². The summed E-state index contributed by atoms with van der Waals surface area (Å²) in [7, 11) is 0. The van der Waals surface area contributed by atoms with Gasteiger partial charge in [-0.25, -0.2) is 0 Å². The lowest BCUT2D eigenvalue weighted by molar-refractivity contribution is 0.123. The number of nitrogens with zero attached hydrogens (tertiary/aromatic N) is 1. The number of allylic oxidation sites excluding steroid dienone is 10. The van der Waals surface area contributed by atoms with Crippen LogP contribution in [0.3, 0.4) is 0 Å². The van der Waals surface area contributed by atoms with Crippen LogP contribution in [0.4, 0.5) is 0 Å². The van der Waals surface area contributed by atoms with Gasteiger partial charge in [0.2, 0.25) is 0 Å². The summed E-state index contributed by atoms with van der Waals surface area (Å²) in [6.45, 7) is 13.5. The molecule has 0 aromatic rings. The Morgan fingerprint density at radius 3 is 2.69 bits per heavy atom. The second-order valence-corrected chi connectivity index (χ2v) is 8.03. The molecule has 1 heterocycles. The molecule has 144 valence electrons. The van der Waals surface area contributed by atoms with Crippen LogP contribution in [-0.4, -0.2) is 31.1 Å². The maximum atomic E-state index is 5.90. The van der Waals surface area contributed by atoms with Crippen molar-refractivity contribution in [1.29, 1.82) is 0 Å². The van der Waals surface area contributed by atoms with E-state index in [-0.39, 0.29) is 0 Å². The molecule has 26 heavy (non-hydrogen) atoms. The van der Waals surface area contributed by atoms with Crippen LogP contribution in [0, 0.1) is 11.8 Å². The van der Waals surface area contributed by atoms with Gasteiger partial charge in [0, 0.05) is 19.6 Å². The molecule has 1 aliphatic carbocycles. The molecule has 2 rings (SSSR count). The minimum absolute atomic E-state index is 0.823. The van der Waals surface area contributed by atoms with Crippen LogP contribution < -0.4 is 0 Å². The summed E-state index contributed by atoms with van der Waals surface area (Å²) in [6.07, 6.45) is 19.8. The zero-order valence-electron chi connectivity index (χ0n) is 17.2. The number of rotatable bonds is 8. The number of ether oxygens (including phenoxy) is 1. The lowest BCUT2D eigenvalue weighted by atomic mass is 9.92. The van der Waals surface area contributed by atoms with Crippen molar-refractivity contribution in [2.24, 2.45) is 11.8 Å². The van der Waals surface area contributed by atoms with E-state index in [2.05, 4.69) is 75.1 Å². The summed E-state index contributed by atoms with van der Waals surface area (Å²) in [5, 5.41) is 0. The third-order valence-electron chi connectivity index (χ3n) is 5.17. The highest BCUT2D eigenvalue weighted by Crippen LogP contribution is 2.21. The predicted octanol–water partition coefficient (Wildman–Crippen LogP) is 6.05. The summed E-state index contributed by atoms with van der Waals surface area (Å²) in [6, 6.07) is 0. The Kier molecular flexibility index (Phi) is 8.97. The zero-order chi connectivity index (χ0) is 18.8. The summed E-state index contributed by atoms with van der Waals surface area (Å²) in [5.74, 6) is 2.72. The fraction of sp³-hybridized carbons (Fsp3) is 0.583. The molecule has 1 saturated heterocycles. The molecule has 2 atom stereocenters. The van der Waals surface area contributed by atoms with Gasteiger partial charge in [0.1, 0.15) is 0 Å². The first-order chi connectivity index (χ1) is 12.5. The first-order valence-electron chi connectivity index (χ1n) is 10.3. The summed E-state index contributed by atoms with van der Waals surface area (Å²) >= 11 is 0. The van der Waals surface area contributed by atoms with Crippen LogP contribution in [0.1, 0.15) is 53.4 Å². The second-order valence-electron chi connectivity index (χ2n) is 8.03. The van der Waals surface area contributed by atoms with Crippen LogP contribution in [0.15, 0.2) is 59.4 Å². The third-order valence-corrected chi connectivity index (χ3v) is 5.17. The molecule has 0 saturated carbocycles. The zero-order valence-corrected chi connectivity index (χ0v) is 17.2. The van der Waals surface area contributed by atoms with Crippen LogP contribution in [0.25, 0.3) is 0 Å². The summed E-state index contributed by atoms with van der Waals surface area (Å²) < 4.78 is 5.90. The lowest BCUT2D eigenvalue weighted by Gasteiger charge is -2.34. The molecule has 0 spiro atoms. The van der Waals surface area contributed by atoms with Crippen molar-refractivity contribution in [2.45, 2.75) is 53.4 Å². The minimum Gasteiger partial charge on any atom is -0.499 e. The molecule has 1 fully saturated rings. The highest BCUT2D eigenvalue weighted by atomic mass is 16.5. The molecule has 2 aliphatic rings. The smallest absolute Gasteiger partial charge is 0.0892 e. The van der Waals surface area contributed by atoms with Gasteiger partial charge >= 0.3 is 0 Å². The molecule has 2 heteroatoms. The Labute approximate surface area is 161 Å². The Bertz CT molecular complexity index is 569. The van der Waals surface area contributed by atoms with Crippen molar-refractivity contribution < 1.29 is 4.74 Å². The maximum Gasteiger partial charge on any atom is 0.0892 e. The lowest BCUT2D eigenvalue weighted by Crippen LogP contribution is -2.39. The topological polar surface area (TPSA) is 12.5 Å². The minimum atomic E-state index is 0.823. The van der Waals surface area contributed by atoms with E-state index in [0.29, 0.717) is 0 Å². The van der Waals surface area contributed by atoms with E-state index in [9.17, 15) is 0 Å². The molecule has 0 N–H and O–H groups in total. The van der Waals surface area contributed by atoms with Gasteiger partial charge in [0.25, 0.3) is 0 Å². The van der Waals surface area contributed by atoms with Crippen molar-refractivity contribution in [1.82, 2.24) is 4.90 Å². The van der Waals surface area contributed by atoms with Gasteiger partial charge in [0.05, 0.1) is 12.4 Å². The SMILES string of the molecule is C/C(=C\C/C=C(\C)C1=CCC=CC=C1)OCCCN1CC(C)C[C@@H](C)C1. The molecule has 0 aromatic heterocycles. The van der Waals surface area contributed by atoms with Crippen LogP contribution >= 0.6 is 0 Å². The highest BCUT2D eigenvalue weighted by Gasteiger charge is 2.20. The summed E-state index contributed by atoms with van der Waals surface area (Å²) in [4.78, 5) is 2.61. The molecule has 0 amide bonds. The molecule has 1 unspecified atom stereocenters. The normalized spacial score (nSPS) is 25.2. The monoisotopic (exact) mass is 355 g/mol. The molecule has 0 radical (unpaired) electrons. The van der Waals surface area contributed by atoms with Gasteiger partial charge in [-0.3, -0.25) is 0 Å². The van der Waals surface area contributed by atoms with Crippen LogP contribution in [0.5, 0.6) is 0 Å². The first-order valence-corrected chi connectivity index (χ1v) is 10.3. The van der Waals surface area contributed by atoms with E-state index in [1.165, 1.54) is 30.7 Å². The number of likely N-dealkylation sites (tertiary alicyclic amines) is 1. The molecule has 1 aliphatic heterocycles. The van der Waals surface area contributed by atoms with E-state index < -0.39 is 0 Å². The Hall–Kier alpha value is -1.54. The fourth-order valence-corrected chi connectivity index (χ4v) is 3.95. The van der Waals surface area contributed by atoms with Crippen LogP contribution in [-0.2, 0) is 4.74 Å². The highest BCUT2D eigenvalue weighted by molar-refractivity contribution is 5.41. The quantitative estimate of drug-likeness (QED) is 0.388. The van der Waals surface area contributed by atoms with Crippen molar-refractivity contribution in [3.05, 3.63) is 59.4 Å². The van der Waals surface area contributed by atoms with E-state index in [0.717, 1.165) is 50.0 Å². The second kappa shape index (κ2) is 11.2. The van der Waals surface area contributed by atoms with E-state index in [1.807, 2.05) is 0 Å². The van der Waals surface area contributed by atoms with Gasteiger partial charge in [-0.05, 0) is 68.6 Å². The van der Waals surface area contributed by atoms with Gasteiger partial charge in [-0.15, -0.1) is 0 Å². The number of piperidine rings is 1. The number of hydrogen-bond donors (Lipinski definition) is 0. The van der Waals surface area contributed by atoms with Gasteiger partial charge in [0.15, 0.2) is 0 Å².